The van der Waals surface area contributed by atoms with Gasteiger partial charge in [-0.3, -0.25) is 0 Å². The topological polar surface area (TPSA) is 31.2 Å². The maximum atomic E-state index is 11.6. The Kier molecular flexibility index (Phi) is 4.29. The Hall–Kier alpha value is -2.59. The van der Waals surface area contributed by atoms with Gasteiger partial charge in [0.25, 0.3) is 0 Å². The number of rotatable bonds is 5. The molecule has 132 valence electrons. The highest BCUT2D eigenvalue weighted by Gasteiger charge is 2.20. The fraction of sp³-hybridized carbons (Fsp3) is 0.227. The summed E-state index contributed by atoms with van der Waals surface area (Å²) in [4.78, 5) is 14.1. The summed E-state index contributed by atoms with van der Waals surface area (Å²) in [5, 5.41) is 2.54. The molecule has 26 heavy (non-hydrogen) atoms. The molecule has 0 unspecified atom stereocenters. The number of thiophene rings is 1. The Morgan fingerprint density at radius 2 is 1.96 bits per heavy atom. The number of carbonyl (C=O) groups excluding carboxylic acids is 1. The number of para-hydroxylation sites is 1. The number of nitrogens with zero attached hydrogens (tertiary/aromatic N) is 1. The van der Waals surface area contributed by atoms with Crippen LogP contribution >= 0.6 is 11.3 Å². The predicted molar refractivity (Wildman–Crippen MR) is 109 cm³/mol. The summed E-state index contributed by atoms with van der Waals surface area (Å²) in [5.41, 5.74) is 3.61. The Bertz CT molecular complexity index is 1120. The van der Waals surface area contributed by atoms with Gasteiger partial charge in [0.2, 0.25) is 0 Å². The lowest BCUT2D eigenvalue weighted by molar-refractivity contribution is -0.116. The van der Waals surface area contributed by atoms with Gasteiger partial charge in [-0.05, 0) is 37.1 Å². The van der Waals surface area contributed by atoms with Crippen molar-refractivity contribution in [2.75, 3.05) is 7.11 Å². The van der Waals surface area contributed by atoms with Crippen molar-refractivity contribution < 1.29 is 9.53 Å². The van der Waals surface area contributed by atoms with E-state index in [2.05, 4.69) is 48.0 Å². The average Bonchev–Trinajstić information content (AvgIpc) is 3.16. The standard InChI is InChI=1S/C22H21NO2S/c1-14(24)11-12-19-20(15-7-6-8-16(13-15)25-3)21-17-9-4-5-10-18(17)23(2)22(21)26-19/h4-10,13H,11-12H2,1-3H3. The first-order valence-corrected chi connectivity index (χ1v) is 9.54. The number of aromatic nitrogens is 1. The molecule has 0 atom stereocenters. The number of ketones is 1. The zero-order valence-electron chi connectivity index (χ0n) is 15.2. The van der Waals surface area contributed by atoms with Gasteiger partial charge in [-0.2, -0.15) is 0 Å². The minimum Gasteiger partial charge on any atom is -0.497 e. The van der Waals surface area contributed by atoms with Crippen LogP contribution < -0.4 is 4.74 Å². The Labute approximate surface area is 156 Å². The molecule has 2 heterocycles. The summed E-state index contributed by atoms with van der Waals surface area (Å²) in [7, 11) is 3.81. The number of aryl methyl sites for hydroxylation is 2. The van der Waals surface area contributed by atoms with Crippen molar-refractivity contribution in [2.45, 2.75) is 19.8 Å². The third kappa shape index (κ3) is 2.71. The molecule has 2 aromatic carbocycles. The molecule has 0 saturated heterocycles. The van der Waals surface area contributed by atoms with Gasteiger partial charge in [-0.15, -0.1) is 11.3 Å². The van der Waals surface area contributed by atoms with E-state index in [0.29, 0.717) is 6.42 Å². The van der Waals surface area contributed by atoms with E-state index in [1.807, 2.05) is 12.1 Å². The van der Waals surface area contributed by atoms with Crippen LogP contribution in [0.25, 0.3) is 32.2 Å². The Morgan fingerprint density at radius 3 is 2.73 bits per heavy atom. The third-order valence-corrected chi connectivity index (χ3v) is 6.19. The summed E-state index contributed by atoms with van der Waals surface area (Å²) >= 11 is 1.80. The van der Waals surface area contributed by atoms with E-state index in [9.17, 15) is 4.79 Å². The minimum atomic E-state index is 0.226. The van der Waals surface area contributed by atoms with Crippen LogP contribution in [0.2, 0.25) is 0 Å². The lowest BCUT2D eigenvalue weighted by Gasteiger charge is -2.07. The molecule has 2 aromatic heterocycles. The molecule has 0 aliphatic rings. The largest absolute Gasteiger partial charge is 0.497 e. The van der Waals surface area contributed by atoms with Crippen LogP contribution in [-0.2, 0) is 18.3 Å². The van der Waals surface area contributed by atoms with Crippen LogP contribution in [0.1, 0.15) is 18.2 Å². The molecule has 0 radical (unpaired) electrons. The second kappa shape index (κ2) is 6.61. The fourth-order valence-electron chi connectivity index (χ4n) is 3.59. The monoisotopic (exact) mass is 363 g/mol. The first-order valence-electron chi connectivity index (χ1n) is 8.72. The third-order valence-electron chi connectivity index (χ3n) is 4.86. The van der Waals surface area contributed by atoms with Crippen molar-refractivity contribution >= 4 is 38.2 Å². The van der Waals surface area contributed by atoms with Gasteiger partial charge in [-0.1, -0.05) is 30.3 Å². The highest BCUT2D eigenvalue weighted by Crippen LogP contribution is 2.44. The molecule has 0 bridgehead atoms. The van der Waals surface area contributed by atoms with Gasteiger partial charge in [0, 0.05) is 40.2 Å². The first kappa shape index (κ1) is 16.9. The van der Waals surface area contributed by atoms with E-state index in [-0.39, 0.29) is 5.78 Å². The molecule has 0 N–H and O–H groups in total. The van der Waals surface area contributed by atoms with E-state index in [1.54, 1.807) is 25.4 Å². The second-order valence-corrected chi connectivity index (χ2v) is 7.67. The smallest absolute Gasteiger partial charge is 0.130 e. The number of Topliss-reactive ketones (excluding diaryl/α,β-unsaturated/α-hetero) is 1. The van der Waals surface area contributed by atoms with Crippen molar-refractivity contribution in [1.82, 2.24) is 4.57 Å². The first-order chi connectivity index (χ1) is 12.6. The number of benzene rings is 2. The summed E-state index contributed by atoms with van der Waals surface area (Å²) < 4.78 is 7.70. The van der Waals surface area contributed by atoms with Gasteiger partial charge in [0.05, 0.1) is 7.11 Å². The quantitative estimate of drug-likeness (QED) is 0.463. The zero-order chi connectivity index (χ0) is 18.3. The van der Waals surface area contributed by atoms with E-state index >= 15 is 0 Å². The average molecular weight is 363 g/mol. The summed E-state index contributed by atoms with van der Waals surface area (Å²) in [5.74, 6) is 1.07. The van der Waals surface area contributed by atoms with Crippen LogP contribution in [0, 0.1) is 0 Å². The minimum absolute atomic E-state index is 0.226. The van der Waals surface area contributed by atoms with Gasteiger partial charge in [-0.25, -0.2) is 0 Å². The number of fused-ring (bicyclic) bond motifs is 3. The zero-order valence-corrected chi connectivity index (χ0v) is 16.0. The number of hydrogen-bond acceptors (Lipinski definition) is 3. The van der Waals surface area contributed by atoms with Crippen LogP contribution in [0.5, 0.6) is 5.75 Å². The van der Waals surface area contributed by atoms with Gasteiger partial charge >= 0.3 is 0 Å². The molecule has 0 spiro atoms. The predicted octanol–water partition coefficient (Wildman–Crippen LogP) is 5.59. The lowest BCUT2D eigenvalue weighted by atomic mass is 9.99. The highest BCUT2D eigenvalue weighted by molar-refractivity contribution is 7.19. The second-order valence-electron chi connectivity index (χ2n) is 6.59. The van der Waals surface area contributed by atoms with Gasteiger partial charge in [0.15, 0.2) is 0 Å². The summed E-state index contributed by atoms with van der Waals surface area (Å²) in [6.07, 6.45) is 1.34. The Balaban J connectivity index is 2.04. The molecule has 0 aliphatic carbocycles. The molecule has 4 heteroatoms. The van der Waals surface area contributed by atoms with Crippen molar-refractivity contribution in [3.63, 3.8) is 0 Å². The molecular formula is C22H21NO2S. The number of methoxy groups -OCH3 is 1. The maximum absolute atomic E-state index is 11.6. The molecular weight excluding hydrogens is 342 g/mol. The highest BCUT2D eigenvalue weighted by atomic mass is 32.1. The summed E-state index contributed by atoms with van der Waals surface area (Å²) in [6, 6.07) is 16.7. The van der Waals surface area contributed by atoms with Gasteiger partial charge in [0.1, 0.15) is 16.4 Å². The normalized spacial score (nSPS) is 11.3. The van der Waals surface area contributed by atoms with Crippen LogP contribution in [0.4, 0.5) is 0 Å². The van der Waals surface area contributed by atoms with Crippen LogP contribution in [0.15, 0.2) is 48.5 Å². The fourth-order valence-corrected chi connectivity index (χ4v) is 4.90. The molecule has 0 amide bonds. The molecule has 0 aliphatic heterocycles. The van der Waals surface area contributed by atoms with Crippen LogP contribution in [-0.4, -0.2) is 17.5 Å². The molecule has 0 fully saturated rings. The molecule has 0 saturated carbocycles. The van der Waals surface area contributed by atoms with E-state index < -0.39 is 0 Å². The van der Waals surface area contributed by atoms with Crippen molar-refractivity contribution in [2.24, 2.45) is 7.05 Å². The van der Waals surface area contributed by atoms with E-state index in [1.165, 1.54) is 31.6 Å². The van der Waals surface area contributed by atoms with E-state index in [4.69, 9.17) is 4.74 Å². The van der Waals surface area contributed by atoms with Crippen molar-refractivity contribution in [3.05, 3.63) is 53.4 Å². The van der Waals surface area contributed by atoms with Crippen molar-refractivity contribution in [3.8, 4) is 16.9 Å². The van der Waals surface area contributed by atoms with Crippen molar-refractivity contribution in [1.29, 1.82) is 0 Å². The number of ether oxygens (including phenoxy) is 1. The van der Waals surface area contributed by atoms with E-state index in [0.717, 1.165) is 17.7 Å². The lowest BCUT2D eigenvalue weighted by Crippen LogP contribution is -1.94. The summed E-state index contributed by atoms with van der Waals surface area (Å²) in [6.45, 7) is 1.66. The SMILES string of the molecule is COc1cccc(-c2c(CCC(C)=O)sc3c2c2ccccc2n3C)c1. The number of hydrogen-bond donors (Lipinski definition) is 0. The Morgan fingerprint density at radius 1 is 1.15 bits per heavy atom. The molecule has 3 nitrogen and oxygen atoms in total. The molecule has 4 rings (SSSR count). The van der Waals surface area contributed by atoms with Gasteiger partial charge < -0.3 is 14.1 Å². The molecule has 4 aromatic rings. The van der Waals surface area contributed by atoms with Crippen LogP contribution in [0.3, 0.4) is 0 Å². The maximum Gasteiger partial charge on any atom is 0.130 e. The number of carbonyl (C=O) groups is 1.